The molecule has 0 aromatic heterocycles. The molecule has 2 aromatic carbocycles. The number of ether oxygens (including phenoxy) is 2. The number of sulfone groups is 1. The third kappa shape index (κ3) is 4.93. The number of carbonyl (C=O) groups is 2. The van der Waals surface area contributed by atoms with Gasteiger partial charge in [-0.05, 0) is 49.2 Å². The van der Waals surface area contributed by atoms with Gasteiger partial charge in [-0.2, -0.15) is 5.26 Å². The van der Waals surface area contributed by atoms with Gasteiger partial charge in [-0.15, -0.1) is 0 Å². The Kier molecular flexibility index (Phi) is 7.52. The van der Waals surface area contributed by atoms with Gasteiger partial charge in [0, 0.05) is 10.9 Å². The normalized spacial score (nSPS) is 22.3. The quantitative estimate of drug-likeness (QED) is 0.425. The van der Waals surface area contributed by atoms with Crippen molar-refractivity contribution < 1.29 is 27.5 Å². The van der Waals surface area contributed by atoms with Crippen LogP contribution in [0.3, 0.4) is 0 Å². The van der Waals surface area contributed by atoms with E-state index in [2.05, 4.69) is 0 Å². The van der Waals surface area contributed by atoms with E-state index in [4.69, 9.17) is 43.7 Å². The number of halogens is 2. The lowest BCUT2D eigenvalue weighted by atomic mass is 9.77. The summed E-state index contributed by atoms with van der Waals surface area (Å²) in [5, 5.41) is 8.15. The van der Waals surface area contributed by atoms with Gasteiger partial charge in [-0.25, -0.2) is 8.42 Å². The standard InChI is InChI=1S/C22H20Cl2N2O6S/c23-15-5-7-16(8-6-15)32-13-14-11-17(33(29,30)19-4-2-1-3-18(19)24)12-22(14,20(26)27)21(28)31-10-9-25/h1-8,14,17H,10-13H2,(H2,26,27)/t14-,17?,22+/m0/s1. The molecule has 0 saturated heterocycles. The highest BCUT2D eigenvalue weighted by Crippen LogP contribution is 2.49. The molecule has 0 spiro atoms. The number of hydrogen-bond donors (Lipinski definition) is 1. The van der Waals surface area contributed by atoms with Crippen LogP contribution in [0.1, 0.15) is 12.8 Å². The van der Waals surface area contributed by atoms with E-state index in [0.717, 1.165) is 0 Å². The van der Waals surface area contributed by atoms with Crippen LogP contribution in [0.5, 0.6) is 5.75 Å². The molecule has 1 fully saturated rings. The number of nitrogens with two attached hydrogens (primary N) is 1. The minimum absolute atomic E-state index is 0.0232. The molecule has 2 aromatic rings. The number of carbonyl (C=O) groups excluding carboxylic acids is 2. The average Bonchev–Trinajstić information content (AvgIpc) is 3.19. The summed E-state index contributed by atoms with van der Waals surface area (Å²) in [6.45, 7) is -0.804. The van der Waals surface area contributed by atoms with Crippen molar-refractivity contribution in [2.45, 2.75) is 23.0 Å². The number of amides is 1. The fourth-order valence-electron chi connectivity index (χ4n) is 4.04. The van der Waals surface area contributed by atoms with E-state index in [0.29, 0.717) is 10.8 Å². The van der Waals surface area contributed by atoms with Gasteiger partial charge in [-0.1, -0.05) is 35.3 Å². The van der Waals surface area contributed by atoms with Gasteiger partial charge in [0.05, 0.1) is 21.8 Å². The third-order valence-electron chi connectivity index (χ3n) is 5.71. The predicted molar refractivity (Wildman–Crippen MR) is 120 cm³/mol. The lowest BCUT2D eigenvalue weighted by Crippen LogP contribution is -2.49. The zero-order chi connectivity index (χ0) is 24.2. The minimum atomic E-state index is -4.03. The third-order valence-corrected chi connectivity index (χ3v) is 8.61. The summed E-state index contributed by atoms with van der Waals surface area (Å²) < 4.78 is 37.4. The van der Waals surface area contributed by atoms with E-state index < -0.39 is 51.3 Å². The second kappa shape index (κ2) is 10.00. The fourth-order valence-corrected chi connectivity index (χ4v) is 6.56. The van der Waals surface area contributed by atoms with E-state index >= 15 is 0 Å². The Morgan fingerprint density at radius 2 is 1.82 bits per heavy atom. The molecular weight excluding hydrogens is 491 g/mol. The molecule has 3 atom stereocenters. The first-order valence-corrected chi connectivity index (χ1v) is 12.1. The number of rotatable bonds is 8. The molecule has 0 heterocycles. The number of primary amides is 1. The molecule has 11 heteroatoms. The second-order valence-corrected chi connectivity index (χ2v) is 10.6. The number of nitrogens with zero attached hydrogens (tertiary/aromatic N) is 1. The zero-order valence-electron chi connectivity index (χ0n) is 17.2. The minimum Gasteiger partial charge on any atom is -0.493 e. The molecule has 8 nitrogen and oxygen atoms in total. The maximum atomic E-state index is 13.4. The highest BCUT2D eigenvalue weighted by Gasteiger charge is 2.61. The van der Waals surface area contributed by atoms with Gasteiger partial charge >= 0.3 is 5.97 Å². The van der Waals surface area contributed by atoms with Crippen molar-refractivity contribution in [3.8, 4) is 11.8 Å². The molecule has 2 N–H and O–H groups in total. The van der Waals surface area contributed by atoms with E-state index in [1.165, 1.54) is 18.2 Å². The largest absolute Gasteiger partial charge is 0.493 e. The Hall–Kier alpha value is -2.80. The summed E-state index contributed by atoms with van der Waals surface area (Å²) in [5.74, 6) is -2.63. The van der Waals surface area contributed by atoms with Crippen molar-refractivity contribution in [2.24, 2.45) is 17.1 Å². The first kappa shape index (κ1) is 24.8. The van der Waals surface area contributed by atoms with Gasteiger partial charge in [0.15, 0.2) is 21.9 Å². The monoisotopic (exact) mass is 510 g/mol. The van der Waals surface area contributed by atoms with Crippen molar-refractivity contribution in [2.75, 3.05) is 13.2 Å². The molecule has 174 valence electrons. The van der Waals surface area contributed by atoms with Crippen molar-refractivity contribution in [3.63, 3.8) is 0 Å². The van der Waals surface area contributed by atoms with Crippen molar-refractivity contribution in [1.29, 1.82) is 5.26 Å². The maximum absolute atomic E-state index is 13.4. The molecule has 3 rings (SSSR count). The first-order valence-electron chi connectivity index (χ1n) is 9.83. The van der Waals surface area contributed by atoms with E-state index in [9.17, 15) is 18.0 Å². The van der Waals surface area contributed by atoms with Crippen LogP contribution >= 0.6 is 23.2 Å². The van der Waals surface area contributed by atoms with Crippen LogP contribution < -0.4 is 10.5 Å². The lowest BCUT2D eigenvalue weighted by Gasteiger charge is -2.29. The summed E-state index contributed by atoms with van der Waals surface area (Å²) in [5.41, 5.74) is 3.64. The van der Waals surface area contributed by atoms with Crippen LogP contribution in [0.15, 0.2) is 53.4 Å². The van der Waals surface area contributed by atoms with Gasteiger partial charge in [-0.3, -0.25) is 9.59 Å². The smallest absolute Gasteiger partial charge is 0.323 e. The van der Waals surface area contributed by atoms with Gasteiger partial charge in [0.25, 0.3) is 0 Å². The van der Waals surface area contributed by atoms with Crippen LogP contribution in [-0.4, -0.2) is 38.8 Å². The molecule has 33 heavy (non-hydrogen) atoms. The highest BCUT2D eigenvalue weighted by atomic mass is 35.5. The topological polar surface area (TPSA) is 137 Å². The second-order valence-electron chi connectivity index (χ2n) is 7.57. The van der Waals surface area contributed by atoms with Gasteiger partial charge in [0.1, 0.15) is 11.8 Å². The van der Waals surface area contributed by atoms with E-state index in [1.807, 2.05) is 0 Å². The zero-order valence-corrected chi connectivity index (χ0v) is 19.6. The molecule has 1 saturated carbocycles. The van der Waals surface area contributed by atoms with Crippen molar-refractivity contribution in [3.05, 3.63) is 58.6 Å². The SMILES string of the molecule is N#CCOC(=O)[C@]1(C(N)=O)CC(S(=O)(=O)c2ccccc2Cl)C[C@H]1COc1ccc(Cl)cc1. The predicted octanol–water partition coefficient (Wildman–Crippen LogP) is 3.16. The Bertz CT molecular complexity index is 1200. The highest BCUT2D eigenvalue weighted by molar-refractivity contribution is 7.92. The first-order chi connectivity index (χ1) is 15.6. The Balaban J connectivity index is 1.98. The lowest BCUT2D eigenvalue weighted by molar-refractivity contribution is -0.162. The Morgan fingerprint density at radius 3 is 2.42 bits per heavy atom. The summed E-state index contributed by atoms with van der Waals surface area (Å²) in [6.07, 6.45) is -0.527. The molecule has 0 bridgehead atoms. The Labute approximate surface area is 201 Å². The molecule has 0 aliphatic heterocycles. The molecular formula is C22H20Cl2N2O6S. The van der Waals surface area contributed by atoms with Crippen LogP contribution in [0, 0.1) is 22.7 Å². The molecule has 1 aliphatic rings. The average molecular weight is 511 g/mol. The number of esters is 1. The van der Waals surface area contributed by atoms with Gasteiger partial charge in [0.2, 0.25) is 5.91 Å². The molecule has 1 unspecified atom stereocenters. The molecule has 0 radical (unpaired) electrons. The number of nitriles is 1. The van der Waals surface area contributed by atoms with Gasteiger partial charge < -0.3 is 15.2 Å². The summed E-state index contributed by atoms with van der Waals surface area (Å²) in [6, 6.07) is 13.9. The van der Waals surface area contributed by atoms with Crippen LogP contribution in [-0.2, 0) is 24.2 Å². The Morgan fingerprint density at radius 1 is 1.15 bits per heavy atom. The molecule has 1 aliphatic carbocycles. The van der Waals surface area contributed by atoms with Crippen molar-refractivity contribution in [1.82, 2.24) is 0 Å². The number of hydrogen-bond acceptors (Lipinski definition) is 7. The summed E-state index contributed by atoms with van der Waals surface area (Å²) in [7, 11) is -4.03. The summed E-state index contributed by atoms with van der Waals surface area (Å²) in [4.78, 5) is 25.4. The fraction of sp³-hybridized carbons (Fsp3) is 0.318. The number of benzene rings is 2. The molecule has 1 amide bonds. The van der Waals surface area contributed by atoms with Crippen molar-refractivity contribution >= 4 is 44.9 Å². The summed E-state index contributed by atoms with van der Waals surface area (Å²) >= 11 is 12.0. The maximum Gasteiger partial charge on any atom is 0.323 e. The van der Waals surface area contributed by atoms with E-state index in [-0.39, 0.29) is 22.9 Å². The van der Waals surface area contributed by atoms with E-state index in [1.54, 1.807) is 36.4 Å². The van der Waals surface area contributed by atoms with Crippen LogP contribution in [0.4, 0.5) is 0 Å². The van der Waals surface area contributed by atoms with Crippen LogP contribution in [0.2, 0.25) is 10.0 Å². The van der Waals surface area contributed by atoms with Crippen LogP contribution in [0.25, 0.3) is 0 Å².